The van der Waals surface area contributed by atoms with E-state index < -0.39 is 4.92 Å². The summed E-state index contributed by atoms with van der Waals surface area (Å²) in [4.78, 5) is 19.3. The minimum Gasteiger partial charge on any atom is -0.356 e. The van der Waals surface area contributed by atoms with E-state index in [0.717, 1.165) is 41.9 Å². The van der Waals surface area contributed by atoms with E-state index in [1.807, 2.05) is 31.2 Å². The van der Waals surface area contributed by atoms with Gasteiger partial charge in [0.2, 0.25) is 0 Å². The number of rotatable bonds is 7. The third kappa shape index (κ3) is 4.64. The molecule has 28 heavy (non-hydrogen) atoms. The summed E-state index contributed by atoms with van der Waals surface area (Å²) in [5.74, 6) is 1.67. The average molecular weight is 380 g/mol. The van der Waals surface area contributed by atoms with Crippen LogP contribution in [0.3, 0.4) is 0 Å². The van der Waals surface area contributed by atoms with Crippen LogP contribution >= 0.6 is 0 Å². The van der Waals surface area contributed by atoms with Crippen LogP contribution in [0.15, 0.2) is 53.5 Å². The summed E-state index contributed by atoms with van der Waals surface area (Å²) in [7, 11) is 1.70. The Bertz CT molecular complexity index is 995. The highest BCUT2D eigenvalue weighted by atomic mass is 16.6. The van der Waals surface area contributed by atoms with Crippen LogP contribution < -0.4 is 10.6 Å². The molecule has 0 aliphatic carbocycles. The fraction of sp³-hybridized carbons (Fsp3) is 0.300. The van der Waals surface area contributed by atoms with E-state index in [0.29, 0.717) is 12.5 Å². The van der Waals surface area contributed by atoms with Gasteiger partial charge >= 0.3 is 0 Å². The Hall–Kier alpha value is -3.42. The zero-order valence-electron chi connectivity index (χ0n) is 16.1. The number of aromatic nitrogens is 2. The second-order valence-corrected chi connectivity index (χ2v) is 6.43. The molecule has 0 bridgehead atoms. The normalized spacial score (nSPS) is 11.6. The molecule has 3 aromatic rings. The summed E-state index contributed by atoms with van der Waals surface area (Å²) in [5, 5.41) is 17.3. The molecule has 0 saturated heterocycles. The van der Waals surface area contributed by atoms with Crippen LogP contribution in [0.5, 0.6) is 0 Å². The van der Waals surface area contributed by atoms with Gasteiger partial charge in [-0.1, -0.05) is 24.3 Å². The molecule has 0 fully saturated rings. The van der Waals surface area contributed by atoms with Gasteiger partial charge in [-0.05, 0) is 31.0 Å². The molecule has 0 aliphatic heterocycles. The molecular formula is C20H24N6O2. The lowest BCUT2D eigenvalue weighted by molar-refractivity contribution is -0.384. The Kier molecular flexibility index (Phi) is 6.21. The maximum atomic E-state index is 10.9. The number of aryl methyl sites for hydroxylation is 2. The Labute approximate surface area is 163 Å². The first-order chi connectivity index (χ1) is 13.6. The first kappa shape index (κ1) is 19.3. The van der Waals surface area contributed by atoms with Crippen LogP contribution in [0.2, 0.25) is 0 Å². The summed E-state index contributed by atoms with van der Waals surface area (Å²) < 4.78 is 2.22. The van der Waals surface area contributed by atoms with Crippen molar-refractivity contribution in [1.29, 1.82) is 0 Å². The van der Waals surface area contributed by atoms with Gasteiger partial charge in [-0.3, -0.25) is 15.1 Å². The topological polar surface area (TPSA) is 97.4 Å². The second-order valence-electron chi connectivity index (χ2n) is 6.43. The number of nitrogens with one attached hydrogen (secondary N) is 2. The Morgan fingerprint density at radius 3 is 2.82 bits per heavy atom. The molecule has 0 amide bonds. The van der Waals surface area contributed by atoms with Crippen molar-refractivity contribution in [3.8, 4) is 0 Å². The van der Waals surface area contributed by atoms with Crippen molar-refractivity contribution in [2.75, 3.05) is 13.6 Å². The molecule has 8 heteroatoms. The van der Waals surface area contributed by atoms with Crippen LogP contribution in [0, 0.1) is 17.0 Å². The summed E-state index contributed by atoms with van der Waals surface area (Å²) in [6.07, 6.45) is 0.915. The van der Waals surface area contributed by atoms with Crippen LogP contribution in [-0.4, -0.2) is 34.0 Å². The highest BCUT2D eigenvalue weighted by Gasteiger charge is 2.07. The second kappa shape index (κ2) is 8.98. The summed E-state index contributed by atoms with van der Waals surface area (Å²) in [6, 6.07) is 14.7. The van der Waals surface area contributed by atoms with Gasteiger partial charge < -0.3 is 15.2 Å². The highest BCUT2D eigenvalue weighted by Crippen LogP contribution is 2.15. The van der Waals surface area contributed by atoms with Crippen molar-refractivity contribution < 1.29 is 4.92 Å². The molecule has 1 heterocycles. The molecule has 146 valence electrons. The van der Waals surface area contributed by atoms with Crippen molar-refractivity contribution in [2.24, 2.45) is 4.99 Å². The largest absolute Gasteiger partial charge is 0.356 e. The molecule has 0 saturated carbocycles. The lowest BCUT2D eigenvalue weighted by Gasteiger charge is -2.13. The predicted octanol–water partition coefficient (Wildman–Crippen LogP) is 3.01. The molecule has 0 aliphatic rings. The number of aliphatic imine (C=N–C) groups is 1. The van der Waals surface area contributed by atoms with Gasteiger partial charge in [0.15, 0.2) is 5.96 Å². The number of nitro benzene ring substituents is 1. The number of benzene rings is 2. The summed E-state index contributed by atoms with van der Waals surface area (Å²) in [6.45, 7) is 4.10. The number of imidazole rings is 1. The van der Waals surface area contributed by atoms with Crippen molar-refractivity contribution in [1.82, 2.24) is 20.2 Å². The number of guanidine groups is 1. The van der Waals surface area contributed by atoms with Gasteiger partial charge in [-0.2, -0.15) is 0 Å². The van der Waals surface area contributed by atoms with Crippen LogP contribution in [-0.2, 0) is 13.1 Å². The van der Waals surface area contributed by atoms with E-state index in [9.17, 15) is 10.1 Å². The van der Waals surface area contributed by atoms with Crippen molar-refractivity contribution in [3.63, 3.8) is 0 Å². The zero-order valence-corrected chi connectivity index (χ0v) is 16.1. The van der Waals surface area contributed by atoms with Crippen molar-refractivity contribution in [2.45, 2.75) is 26.4 Å². The number of hydrogen-bond donors (Lipinski definition) is 2. The lowest BCUT2D eigenvalue weighted by Crippen LogP contribution is -2.37. The SMILES string of the molecule is CN=C(NCCCn1c(C)nc2ccccc21)NCc1cccc([N+](=O)[O-])c1. The zero-order chi connectivity index (χ0) is 19.9. The molecule has 0 unspecified atom stereocenters. The number of nitro groups is 1. The predicted molar refractivity (Wildman–Crippen MR) is 110 cm³/mol. The first-order valence-electron chi connectivity index (χ1n) is 9.18. The van der Waals surface area contributed by atoms with E-state index >= 15 is 0 Å². The van der Waals surface area contributed by atoms with Gasteiger partial charge in [-0.25, -0.2) is 4.98 Å². The van der Waals surface area contributed by atoms with Crippen LogP contribution in [0.25, 0.3) is 11.0 Å². The number of hydrogen-bond acceptors (Lipinski definition) is 4. The third-order valence-electron chi connectivity index (χ3n) is 4.50. The van der Waals surface area contributed by atoms with Crippen molar-refractivity contribution in [3.05, 3.63) is 70.0 Å². The van der Waals surface area contributed by atoms with Gasteiger partial charge in [0, 0.05) is 38.8 Å². The fourth-order valence-corrected chi connectivity index (χ4v) is 3.11. The Morgan fingerprint density at radius 1 is 1.21 bits per heavy atom. The van der Waals surface area contributed by atoms with Crippen LogP contribution in [0.1, 0.15) is 17.8 Å². The Morgan fingerprint density at radius 2 is 2.04 bits per heavy atom. The quantitative estimate of drug-likeness (QED) is 0.216. The fourth-order valence-electron chi connectivity index (χ4n) is 3.11. The maximum absolute atomic E-state index is 10.9. The molecule has 0 radical (unpaired) electrons. The number of nitrogens with zero attached hydrogens (tertiary/aromatic N) is 4. The number of fused-ring (bicyclic) bond motifs is 1. The number of para-hydroxylation sites is 2. The van der Waals surface area contributed by atoms with E-state index in [1.165, 1.54) is 6.07 Å². The maximum Gasteiger partial charge on any atom is 0.269 e. The van der Waals surface area contributed by atoms with Gasteiger partial charge in [0.1, 0.15) is 5.82 Å². The molecule has 2 N–H and O–H groups in total. The average Bonchev–Trinajstić information content (AvgIpc) is 3.02. The number of non-ortho nitro benzene ring substituents is 1. The molecule has 0 spiro atoms. The van der Waals surface area contributed by atoms with Gasteiger partial charge in [0.05, 0.1) is 16.0 Å². The Balaban J connectivity index is 1.49. The van der Waals surface area contributed by atoms with E-state index in [1.54, 1.807) is 19.2 Å². The van der Waals surface area contributed by atoms with Crippen LogP contribution in [0.4, 0.5) is 5.69 Å². The first-order valence-corrected chi connectivity index (χ1v) is 9.18. The van der Waals surface area contributed by atoms with E-state index in [2.05, 4.69) is 31.2 Å². The third-order valence-corrected chi connectivity index (χ3v) is 4.50. The molecule has 0 atom stereocenters. The minimum absolute atomic E-state index is 0.0881. The van der Waals surface area contributed by atoms with E-state index in [4.69, 9.17) is 0 Å². The van der Waals surface area contributed by atoms with Gasteiger partial charge in [0.25, 0.3) is 5.69 Å². The van der Waals surface area contributed by atoms with Crippen molar-refractivity contribution >= 4 is 22.7 Å². The van der Waals surface area contributed by atoms with E-state index in [-0.39, 0.29) is 5.69 Å². The minimum atomic E-state index is -0.391. The monoisotopic (exact) mass is 380 g/mol. The lowest BCUT2D eigenvalue weighted by atomic mass is 10.2. The van der Waals surface area contributed by atoms with Gasteiger partial charge in [-0.15, -0.1) is 0 Å². The molecule has 8 nitrogen and oxygen atoms in total. The summed E-state index contributed by atoms with van der Waals surface area (Å²) in [5.41, 5.74) is 3.08. The molecule has 2 aromatic carbocycles. The summed E-state index contributed by atoms with van der Waals surface area (Å²) >= 11 is 0. The smallest absolute Gasteiger partial charge is 0.269 e. The molecular weight excluding hydrogens is 356 g/mol. The molecule has 3 rings (SSSR count). The standard InChI is InChI=1S/C20H24N6O2/c1-15-24-18-9-3-4-10-19(18)25(15)12-6-11-22-20(21-2)23-14-16-7-5-8-17(13-16)26(27)28/h3-5,7-10,13H,6,11-12,14H2,1-2H3,(H2,21,22,23). The molecule has 1 aromatic heterocycles. The highest BCUT2D eigenvalue weighted by molar-refractivity contribution is 5.79.